The summed E-state index contributed by atoms with van der Waals surface area (Å²) in [6.45, 7) is 5.55. The molecule has 2 heterocycles. The Labute approximate surface area is 126 Å². The highest BCUT2D eigenvalue weighted by Gasteiger charge is 2.18. The monoisotopic (exact) mass is 303 g/mol. The molecule has 0 aliphatic carbocycles. The Balaban J connectivity index is 1.98. The van der Waals surface area contributed by atoms with Gasteiger partial charge in [0.25, 0.3) is 5.91 Å². The van der Waals surface area contributed by atoms with Crippen LogP contribution in [0.2, 0.25) is 5.02 Å². The van der Waals surface area contributed by atoms with E-state index in [0.29, 0.717) is 16.6 Å². The van der Waals surface area contributed by atoms with Crippen LogP contribution in [0.25, 0.3) is 10.9 Å². The quantitative estimate of drug-likeness (QED) is 0.752. The summed E-state index contributed by atoms with van der Waals surface area (Å²) in [7, 11) is 0. The molecule has 1 amide bonds. The fourth-order valence-electron chi connectivity index (χ4n) is 2.22. The number of rotatable bonds is 2. The molecule has 21 heavy (non-hydrogen) atoms. The Morgan fingerprint density at radius 3 is 2.71 bits per heavy atom. The molecule has 0 aliphatic heterocycles. The molecule has 0 unspecified atom stereocenters. The van der Waals surface area contributed by atoms with Gasteiger partial charge in [0, 0.05) is 21.5 Å². The minimum Gasteiger partial charge on any atom is -0.350 e. The van der Waals surface area contributed by atoms with Gasteiger partial charge in [-0.3, -0.25) is 10.1 Å². The van der Waals surface area contributed by atoms with Crippen molar-refractivity contribution in [3.63, 3.8) is 0 Å². The molecule has 3 aromatic rings. The number of halogens is 1. The van der Waals surface area contributed by atoms with Crippen LogP contribution in [0.3, 0.4) is 0 Å². The zero-order valence-electron chi connectivity index (χ0n) is 11.9. The second-order valence-corrected chi connectivity index (χ2v) is 5.43. The first-order chi connectivity index (χ1) is 9.97. The van der Waals surface area contributed by atoms with Crippen molar-refractivity contribution in [2.45, 2.75) is 20.8 Å². The number of fused-ring (bicyclic) bond motifs is 1. The summed E-state index contributed by atoms with van der Waals surface area (Å²) in [5.41, 5.74) is 3.78. The number of benzene rings is 1. The van der Waals surface area contributed by atoms with Crippen LogP contribution in [0.15, 0.2) is 22.7 Å². The number of carbonyl (C=O) groups excluding carboxylic acids is 1. The van der Waals surface area contributed by atoms with E-state index in [2.05, 4.69) is 15.5 Å². The Morgan fingerprint density at radius 2 is 2.05 bits per heavy atom. The maximum Gasteiger partial charge on any atom is 0.274 e. The molecule has 0 saturated heterocycles. The van der Waals surface area contributed by atoms with E-state index in [1.807, 2.05) is 32.9 Å². The van der Waals surface area contributed by atoms with E-state index < -0.39 is 0 Å². The van der Waals surface area contributed by atoms with Crippen LogP contribution in [0.1, 0.15) is 27.3 Å². The number of carbonyl (C=O) groups is 1. The molecule has 3 rings (SSSR count). The average Bonchev–Trinajstić information content (AvgIpc) is 2.94. The lowest BCUT2D eigenvalue weighted by Gasteiger charge is -2.01. The summed E-state index contributed by atoms with van der Waals surface area (Å²) in [6, 6.07) is 5.47. The van der Waals surface area contributed by atoms with Crippen molar-refractivity contribution < 1.29 is 9.32 Å². The molecule has 0 spiro atoms. The van der Waals surface area contributed by atoms with E-state index in [1.54, 1.807) is 6.07 Å². The van der Waals surface area contributed by atoms with Gasteiger partial charge in [0.05, 0.1) is 5.69 Å². The number of aromatic amines is 1. The number of amides is 1. The molecule has 5 nitrogen and oxygen atoms in total. The van der Waals surface area contributed by atoms with Gasteiger partial charge in [0.15, 0.2) is 0 Å². The topological polar surface area (TPSA) is 70.9 Å². The smallest absolute Gasteiger partial charge is 0.274 e. The van der Waals surface area contributed by atoms with E-state index in [9.17, 15) is 4.79 Å². The van der Waals surface area contributed by atoms with Crippen molar-refractivity contribution in [3.05, 3.63) is 45.7 Å². The second kappa shape index (κ2) is 4.93. The number of nitrogens with zero attached hydrogens (tertiary/aromatic N) is 1. The van der Waals surface area contributed by atoms with Crippen molar-refractivity contribution in [2.75, 3.05) is 5.32 Å². The number of anilines is 1. The van der Waals surface area contributed by atoms with Gasteiger partial charge in [-0.25, -0.2) is 0 Å². The third kappa shape index (κ3) is 2.29. The zero-order valence-corrected chi connectivity index (χ0v) is 12.6. The molecule has 1 aromatic carbocycles. The minimum absolute atomic E-state index is 0.265. The highest BCUT2D eigenvalue weighted by atomic mass is 35.5. The van der Waals surface area contributed by atoms with Crippen LogP contribution >= 0.6 is 11.6 Å². The number of hydrogen-bond donors (Lipinski definition) is 2. The highest BCUT2D eigenvalue weighted by Crippen LogP contribution is 2.26. The molecule has 6 heteroatoms. The molecule has 0 bridgehead atoms. The number of aromatic nitrogens is 2. The Morgan fingerprint density at radius 1 is 1.29 bits per heavy atom. The minimum atomic E-state index is -0.265. The first kappa shape index (κ1) is 13.7. The predicted molar refractivity (Wildman–Crippen MR) is 82.0 cm³/mol. The fourth-order valence-corrected chi connectivity index (χ4v) is 2.40. The summed E-state index contributed by atoms with van der Waals surface area (Å²) in [5.74, 6) is 0.104. The first-order valence-electron chi connectivity index (χ1n) is 6.49. The molecule has 0 fully saturated rings. The maximum atomic E-state index is 12.4. The van der Waals surface area contributed by atoms with Crippen molar-refractivity contribution in [2.24, 2.45) is 0 Å². The summed E-state index contributed by atoms with van der Waals surface area (Å²) >= 11 is 6.00. The molecular formula is C15H14ClN3O2. The van der Waals surface area contributed by atoms with Crippen LogP contribution < -0.4 is 5.32 Å². The number of H-pyrrole nitrogens is 1. The summed E-state index contributed by atoms with van der Waals surface area (Å²) in [6.07, 6.45) is 0. The highest BCUT2D eigenvalue weighted by molar-refractivity contribution is 6.31. The van der Waals surface area contributed by atoms with Gasteiger partial charge in [-0.2, -0.15) is 0 Å². The van der Waals surface area contributed by atoms with Crippen LogP contribution in [0.5, 0.6) is 0 Å². The third-order valence-corrected chi connectivity index (χ3v) is 3.87. The fraction of sp³-hybridized carbons (Fsp3) is 0.200. The molecule has 2 aromatic heterocycles. The average molecular weight is 304 g/mol. The lowest BCUT2D eigenvalue weighted by molar-refractivity contribution is 0.101. The van der Waals surface area contributed by atoms with E-state index in [-0.39, 0.29) is 5.91 Å². The largest absolute Gasteiger partial charge is 0.350 e. The molecule has 2 N–H and O–H groups in total. The van der Waals surface area contributed by atoms with Crippen LogP contribution in [0, 0.1) is 20.8 Å². The van der Waals surface area contributed by atoms with E-state index >= 15 is 0 Å². The van der Waals surface area contributed by atoms with Crippen molar-refractivity contribution in [1.82, 2.24) is 10.1 Å². The van der Waals surface area contributed by atoms with E-state index in [1.165, 1.54) is 0 Å². The summed E-state index contributed by atoms with van der Waals surface area (Å²) in [4.78, 5) is 15.5. The van der Waals surface area contributed by atoms with Crippen molar-refractivity contribution >= 4 is 34.3 Å². The van der Waals surface area contributed by atoms with E-state index in [0.717, 1.165) is 27.7 Å². The molecule has 0 aliphatic rings. The van der Waals surface area contributed by atoms with Gasteiger partial charge in [-0.15, -0.1) is 0 Å². The standard InChI is InChI=1S/C15H14ClN3O2/c1-7-9(3)19-21-15(7)18-14(20)13-8(2)11-6-10(16)4-5-12(11)17-13/h4-6,17H,1-3H3,(H,18,20). The lowest BCUT2D eigenvalue weighted by atomic mass is 10.1. The molecule has 0 atom stereocenters. The van der Waals surface area contributed by atoms with Crippen molar-refractivity contribution in [3.8, 4) is 0 Å². The number of aryl methyl sites for hydroxylation is 2. The van der Waals surface area contributed by atoms with Gasteiger partial charge in [-0.05, 0) is 44.5 Å². The maximum absolute atomic E-state index is 12.4. The predicted octanol–water partition coefficient (Wildman–Crippen LogP) is 3.99. The Bertz CT molecular complexity index is 848. The lowest BCUT2D eigenvalue weighted by Crippen LogP contribution is -2.13. The van der Waals surface area contributed by atoms with E-state index in [4.69, 9.17) is 16.1 Å². The summed E-state index contributed by atoms with van der Waals surface area (Å²) < 4.78 is 5.10. The van der Waals surface area contributed by atoms with Gasteiger partial charge in [-0.1, -0.05) is 16.8 Å². The molecular weight excluding hydrogens is 290 g/mol. The van der Waals surface area contributed by atoms with Gasteiger partial charge in [0.1, 0.15) is 5.69 Å². The van der Waals surface area contributed by atoms with Gasteiger partial charge in [0.2, 0.25) is 5.88 Å². The Hall–Kier alpha value is -2.27. The Kier molecular flexibility index (Phi) is 3.22. The van der Waals surface area contributed by atoms with Gasteiger partial charge < -0.3 is 9.51 Å². The van der Waals surface area contributed by atoms with Crippen LogP contribution in [-0.2, 0) is 0 Å². The normalized spacial score (nSPS) is 11.0. The molecule has 0 radical (unpaired) electrons. The number of hydrogen-bond acceptors (Lipinski definition) is 3. The third-order valence-electron chi connectivity index (χ3n) is 3.63. The van der Waals surface area contributed by atoms with Gasteiger partial charge >= 0.3 is 0 Å². The number of nitrogens with one attached hydrogen (secondary N) is 2. The molecule has 108 valence electrons. The SMILES string of the molecule is Cc1noc(NC(=O)c2[nH]c3ccc(Cl)cc3c2C)c1C. The zero-order chi connectivity index (χ0) is 15.1. The summed E-state index contributed by atoms with van der Waals surface area (Å²) in [5, 5.41) is 8.12. The van der Waals surface area contributed by atoms with Crippen molar-refractivity contribution in [1.29, 1.82) is 0 Å². The van der Waals surface area contributed by atoms with Crippen LogP contribution in [-0.4, -0.2) is 16.0 Å². The molecule has 0 saturated carbocycles. The first-order valence-corrected chi connectivity index (χ1v) is 6.87. The second-order valence-electron chi connectivity index (χ2n) is 4.99. The van der Waals surface area contributed by atoms with Crippen LogP contribution in [0.4, 0.5) is 5.88 Å².